The normalized spacial score (nSPS) is 18.6. The lowest BCUT2D eigenvalue weighted by molar-refractivity contribution is 0.138. The highest BCUT2D eigenvalue weighted by Crippen LogP contribution is 2.23. The van der Waals surface area contributed by atoms with Gasteiger partial charge in [0.15, 0.2) is 0 Å². The SMILES string of the molecule is CC1=C[C@@H](NC(=O)OCc2ccccc2)CS1. The predicted octanol–water partition coefficient (Wildman–Crippen LogP) is 2.93. The second kappa shape index (κ2) is 5.77. The number of carbonyl (C=O) groups excluding carboxylic acids is 1. The van der Waals surface area contributed by atoms with Gasteiger partial charge in [-0.25, -0.2) is 4.79 Å². The van der Waals surface area contributed by atoms with Crippen LogP contribution in [0.1, 0.15) is 12.5 Å². The Morgan fingerprint density at radius 2 is 2.24 bits per heavy atom. The van der Waals surface area contributed by atoms with Gasteiger partial charge in [0, 0.05) is 5.75 Å². The van der Waals surface area contributed by atoms with Gasteiger partial charge in [-0.05, 0) is 17.4 Å². The number of hydrogen-bond donors (Lipinski definition) is 1. The lowest BCUT2D eigenvalue weighted by Gasteiger charge is -2.10. The van der Waals surface area contributed by atoms with Crippen LogP contribution in [-0.2, 0) is 11.3 Å². The molecule has 1 aromatic rings. The average Bonchev–Trinajstić information content (AvgIpc) is 2.73. The summed E-state index contributed by atoms with van der Waals surface area (Å²) in [5.41, 5.74) is 0.996. The van der Waals surface area contributed by atoms with Crippen LogP contribution in [0.4, 0.5) is 4.79 Å². The molecular formula is C13H15NO2S. The molecule has 3 nitrogen and oxygen atoms in total. The molecule has 1 atom stereocenters. The number of thioether (sulfide) groups is 1. The minimum absolute atomic E-state index is 0.100. The molecule has 1 heterocycles. The van der Waals surface area contributed by atoms with Gasteiger partial charge in [0.2, 0.25) is 0 Å². The maximum absolute atomic E-state index is 11.5. The second-order valence-corrected chi connectivity index (χ2v) is 5.17. The number of carbonyl (C=O) groups is 1. The number of benzene rings is 1. The molecule has 1 amide bonds. The van der Waals surface area contributed by atoms with Gasteiger partial charge in [0.25, 0.3) is 0 Å². The van der Waals surface area contributed by atoms with Crippen molar-refractivity contribution in [3.8, 4) is 0 Å². The van der Waals surface area contributed by atoms with Gasteiger partial charge >= 0.3 is 6.09 Å². The van der Waals surface area contributed by atoms with Crippen LogP contribution in [0.2, 0.25) is 0 Å². The Morgan fingerprint density at radius 3 is 2.88 bits per heavy atom. The number of nitrogens with one attached hydrogen (secondary N) is 1. The van der Waals surface area contributed by atoms with Crippen LogP contribution in [0.15, 0.2) is 41.3 Å². The Morgan fingerprint density at radius 1 is 1.47 bits per heavy atom. The number of rotatable bonds is 3. The molecule has 0 spiro atoms. The van der Waals surface area contributed by atoms with Crippen LogP contribution < -0.4 is 5.32 Å². The van der Waals surface area contributed by atoms with Gasteiger partial charge in [0.1, 0.15) is 6.61 Å². The molecule has 2 rings (SSSR count). The first-order valence-corrected chi connectivity index (χ1v) is 6.51. The molecule has 90 valence electrons. The molecule has 17 heavy (non-hydrogen) atoms. The summed E-state index contributed by atoms with van der Waals surface area (Å²) in [7, 11) is 0. The first kappa shape index (κ1) is 12.0. The molecule has 0 fully saturated rings. The molecule has 1 aliphatic heterocycles. The molecule has 1 N–H and O–H groups in total. The van der Waals surface area contributed by atoms with E-state index in [4.69, 9.17) is 4.74 Å². The molecule has 4 heteroatoms. The summed E-state index contributed by atoms with van der Waals surface area (Å²) in [6, 6.07) is 9.76. The molecule has 0 aromatic heterocycles. The van der Waals surface area contributed by atoms with Crippen LogP contribution in [-0.4, -0.2) is 17.9 Å². The Balaban J connectivity index is 1.75. The Labute approximate surface area is 105 Å². The van der Waals surface area contributed by atoms with E-state index in [1.807, 2.05) is 37.3 Å². The highest BCUT2D eigenvalue weighted by molar-refractivity contribution is 8.03. The first-order chi connectivity index (χ1) is 8.24. The van der Waals surface area contributed by atoms with E-state index in [1.54, 1.807) is 11.8 Å². The maximum Gasteiger partial charge on any atom is 0.407 e. The molecule has 0 unspecified atom stereocenters. The number of amides is 1. The zero-order valence-electron chi connectivity index (χ0n) is 9.68. The largest absolute Gasteiger partial charge is 0.445 e. The quantitative estimate of drug-likeness (QED) is 0.895. The fraction of sp³-hybridized carbons (Fsp3) is 0.308. The van der Waals surface area contributed by atoms with E-state index >= 15 is 0 Å². The summed E-state index contributed by atoms with van der Waals surface area (Å²) in [4.78, 5) is 12.8. The fourth-order valence-corrected chi connectivity index (χ4v) is 2.48. The van der Waals surface area contributed by atoms with E-state index in [1.165, 1.54) is 4.91 Å². The molecule has 0 bridgehead atoms. The third-order valence-corrected chi connectivity index (χ3v) is 3.56. The van der Waals surface area contributed by atoms with Crippen molar-refractivity contribution in [3.05, 3.63) is 46.9 Å². The lowest BCUT2D eigenvalue weighted by Crippen LogP contribution is -2.34. The summed E-state index contributed by atoms with van der Waals surface area (Å²) >= 11 is 1.75. The van der Waals surface area contributed by atoms with Gasteiger partial charge in [0.05, 0.1) is 6.04 Å². The fourth-order valence-electron chi connectivity index (χ4n) is 1.60. The minimum atomic E-state index is -0.356. The number of allylic oxidation sites excluding steroid dienone is 1. The Bertz CT molecular complexity index is 417. The van der Waals surface area contributed by atoms with Gasteiger partial charge in [-0.3, -0.25) is 0 Å². The lowest BCUT2D eigenvalue weighted by atomic mass is 10.2. The summed E-state index contributed by atoms with van der Waals surface area (Å²) in [6.45, 7) is 2.36. The van der Waals surface area contributed by atoms with Crippen molar-refractivity contribution < 1.29 is 9.53 Å². The van der Waals surface area contributed by atoms with Crippen molar-refractivity contribution in [1.82, 2.24) is 5.32 Å². The van der Waals surface area contributed by atoms with Crippen molar-refractivity contribution in [1.29, 1.82) is 0 Å². The molecule has 1 aliphatic rings. The van der Waals surface area contributed by atoms with E-state index in [-0.39, 0.29) is 12.1 Å². The highest BCUT2D eigenvalue weighted by atomic mass is 32.2. The highest BCUT2D eigenvalue weighted by Gasteiger charge is 2.16. The van der Waals surface area contributed by atoms with Crippen LogP contribution >= 0.6 is 11.8 Å². The second-order valence-electron chi connectivity index (χ2n) is 3.90. The van der Waals surface area contributed by atoms with Crippen molar-refractivity contribution in [2.24, 2.45) is 0 Å². The standard InChI is InChI=1S/C13H15NO2S/c1-10-7-12(9-17-10)14-13(15)16-8-11-5-3-2-4-6-11/h2-7,12H,8-9H2,1H3,(H,14,15)/t12-/m1/s1. The van der Waals surface area contributed by atoms with Crippen molar-refractivity contribution in [3.63, 3.8) is 0 Å². The molecule has 0 saturated heterocycles. The van der Waals surface area contributed by atoms with E-state index in [0.717, 1.165) is 11.3 Å². The van der Waals surface area contributed by atoms with Crippen LogP contribution in [0.3, 0.4) is 0 Å². The number of ether oxygens (including phenoxy) is 1. The van der Waals surface area contributed by atoms with Gasteiger partial charge in [-0.1, -0.05) is 36.4 Å². The third kappa shape index (κ3) is 3.82. The monoisotopic (exact) mass is 249 g/mol. The number of alkyl carbamates (subject to hydrolysis) is 1. The van der Waals surface area contributed by atoms with Crippen molar-refractivity contribution >= 4 is 17.9 Å². The summed E-state index contributed by atoms with van der Waals surface area (Å²) in [5, 5.41) is 2.82. The van der Waals surface area contributed by atoms with Gasteiger partial charge in [-0.15, -0.1) is 11.8 Å². The Hall–Kier alpha value is -1.42. The van der Waals surface area contributed by atoms with Crippen LogP contribution in [0.5, 0.6) is 0 Å². The van der Waals surface area contributed by atoms with E-state index < -0.39 is 0 Å². The zero-order valence-corrected chi connectivity index (χ0v) is 10.5. The minimum Gasteiger partial charge on any atom is -0.445 e. The maximum atomic E-state index is 11.5. The smallest absolute Gasteiger partial charge is 0.407 e. The summed E-state index contributed by atoms with van der Waals surface area (Å²) < 4.78 is 5.14. The number of hydrogen-bond acceptors (Lipinski definition) is 3. The van der Waals surface area contributed by atoms with Crippen LogP contribution in [0, 0.1) is 0 Å². The predicted molar refractivity (Wildman–Crippen MR) is 69.8 cm³/mol. The molecule has 1 aromatic carbocycles. The average molecular weight is 249 g/mol. The van der Waals surface area contributed by atoms with E-state index in [0.29, 0.717) is 6.61 Å². The summed E-state index contributed by atoms with van der Waals surface area (Å²) in [5.74, 6) is 0.895. The van der Waals surface area contributed by atoms with E-state index in [2.05, 4.69) is 11.4 Å². The molecule has 0 radical (unpaired) electrons. The Kier molecular flexibility index (Phi) is 4.09. The molecule has 0 aliphatic carbocycles. The van der Waals surface area contributed by atoms with Crippen molar-refractivity contribution in [2.75, 3.05) is 5.75 Å². The summed E-state index contributed by atoms with van der Waals surface area (Å²) in [6.07, 6.45) is 1.69. The topological polar surface area (TPSA) is 38.3 Å². The first-order valence-electron chi connectivity index (χ1n) is 5.52. The van der Waals surface area contributed by atoms with E-state index in [9.17, 15) is 4.79 Å². The van der Waals surface area contributed by atoms with Gasteiger partial charge in [-0.2, -0.15) is 0 Å². The third-order valence-electron chi connectivity index (χ3n) is 2.44. The molecule has 0 saturated carbocycles. The molecular weight excluding hydrogens is 234 g/mol. The zero-order chi connectivity index (χ0) is 12.1. The van der Waals surface area contributed by atoms with Gasteiger partial charge < -0.3 is 10.1 Å². The van der Waals surface area contributed by atoms with Crippen LogP contribution in [0.25, 0.3) is 0 Å². The van der Waals surface area contributed by atoms with Crippen molar-refractivity contribution in [2.45, 2.75) is 19.6 Å².